The van der Waals surface area contributed by atoms with Crippen LogP contribution in [-0.2, 0) is 16.8 Å². The van der Waals surface area contributed by atoms with Crippen molar-refractivity contribution in [2.45, 2.75) is 44.0 Å². The lowest BCUT2D eigenvalue weighted by molar-refractivity contribution is -0.145. The number of likely N-dealkylation sites (tertiary alicyclic amines) is 1. The first-order valence-electron chi connectivity index (χ1n) is 7.47. The average molecular weight is 323 g/mol. The van der Waals surface area contributed by atoms with Crippen LogP contribution in [0.15, 0.2) is 16.0 Å². The number of rotatable bonds is 1. The lowest BCUT2D eigenvalue weighted by atomic mass is 9.92. The Morgan fingerprint density at radius 2 is 2.05 bits per heavy atom. The van der Waals surface area contributed by atoms with Crippen molar-refractivity contribution in [1.29, 1.82) is 0 Å². The van der Waals surface area contributed by atoms with Crippen LogP contribution in [0.2, 0.25) is 0 Å². The van der Waals surface area contributed by atoms with E-state index >= 15 is 0 Å². The minimum atomic E-state index is -0.397. The normalized spacial score (nSPS) is 22.2. The van der Waals surface area contributed by atoms with E-state index in [-0.39, 0.29) is 22.8 Å². The zero-order valence-electron chi connectivity index (χ0n) is 13.1. The van der Waals surface area contributed by atoms with Gasteiger partial charge in [0.25, 0.3) is 5.56 Å². The fourth-order valence-corrected chi connectivity index (χ4v) is 3.72. The van der Waals surface area contributed by atoms with E-state index in [0.717, 1.165) is 5.69 Å². The Balaban J connectivity index is 1.82. The number of aromatic nitrogens is 2. The molecule has 1 amide bonds. The lowest BCUT2D eigenvalue weighted by Crippen LogP contribution is -2.56. The van der Waals surface area contributed by atoms with Gasteiger partial charge in [0.1, 0.15) is 0 Å². The maximum Gasteiger partial charge on any atom is 0.254 e. The minimum Gasteiger partial charge on any atom is -0.389 e. The van der Waals surface area contributed by atoms with Gasteiger partial charge >= 0.3 is 0 Å². The number of carbonyl (C=O) groups is 1. The van der Waals surface area contributed by atoms with Gasteiger partial charge in [-0.15, -0.1) is 0 Å². The van der Waals surface area contributed by atoms with Gasteiger partial charge in [-0.2, -0.15) is 0 Å². The largest absolute Gasteiger partial charge is 0.389 e. The second kappa shape index (κ2) is 5.38. The fraction of sp³-hybridized carbons (Fsp3) is 0.667. The quantitative estimate of drug-likeness (QED) is 0.760. The van der Waals surface area contributed by atoms with E-state index in [9.17, 15) is 14.7 Å². The molecule has 120 valence electrons. The van der Waals surface area contributed by atoms with Gasteiger partial charge in [-0.05, 0) is 0 Å². The van der Waals surface area contributed by atoms with Crippen LogP contribution in [0.1, 0.15) is 26.5 Å². The van der Waals surface area contributed by atoms with E-state index in [0.29, 0.717) is 30.5 Å². The number of fused-ring (bicyclic) bond motifs is 1. The van der Waals surface area contributed by atoms with Gasteiger partial charge in [-0.3, -0.25) is 14.2 Å². The fourth-order valence-electron chi connectivity index (χ4n) is 2.64. The summed E-state index contributed by atoms with van der Waals surface area (Å²) in [5, 5.41) is 10.0. The second-order valence-electron chi connectivity index (χ2n) is 7.03. The maximum atomic E-state index is 12.3. The van der Waals surface area contributed by atoms with Crippen LogP contribution in [0, 0.1) is 5.92 Å². The van der Waals surface area contributed by atoms with Crippen molar-refractivity contribution in [3.8, 4) is 0 Å². The molecule has 1 aromatic heterocycles. The van der Waals surface area contributed by atoms with E-state index in [4.69, 9.17) is 0 Å². The Morgan fingerprint density at radius 3 is 2.64 bits per heavy atom. The standard InChI is InChI=1S/C15H21N3O3S/c1-15(2,3)11-4-12(20)18-5-9(8-22-14(18)16-11)13(21)17-6-10(19)7-17/h4,9-10,19H,5-8H2,1-3H3. The van der Waals surface area contributed by atoms with Crippen molar-refractivity contribution in [1.82, 2.24) is 14.5 Å². The summed E-state index contributed by atoms with van der Waals surface area (Å²) in [6, 6.07) is 1.57. The average Bonchev–Trinajstić information content (AvgIpc) is 2.42. The monoisotopic (exact) mass is 323 g/mol. The number of carbonyl (C=O) groups excluding carboxylic acids is 1. The van der Waals surface area contributed by atoms with Crippen LogP contribution in [0.4, 0.5) is 0 Å². The van der Waals surface area contributed by atoms with Gasteiger partial charge in [0.15, 0.2) is 5.16 Å². The summed E-state index contributed by atoms with van der Waals surface area (Å²) < 4.78 is 1.60. The number of nitrogens with zero attached hydrogens (tertiary/aromatic N) is 3. The molecule has 3 rings (SSSR count). The maximum absolute atomic E-state index is 12.3. The Hall–Kier alpha value is -1.34. The molecule has 0 aromatic carbocycles. The van der Waals surface area contributed by atoms with Crippen molar-refractivity contribution in [2.75, 3.05) is 18.8 Å². The molecule has 0 spiro atoms. The molecule has 2 aliphatic heterocycles. The predicted molar refractivity (Wildman–Crippen MR) is 84.0 cm³/mol. The summed E-state index contributed by atoms with van der Waals surface area (Å²) in [6.07, 6.45) is -0.397. The first-order chi connectivity index (χ1) is 10.3. The Bertz CT molecular complexity index is 659. The molecule has 1 saturated heterocycles. The third kappa shape index (κ3) is 2.79. The van der Waals surface area contributed by atoms with Crippen LogP contribution >= 0.6 is 11.8 Å². The summed E-state index contributed by atoms with van der Waals surface area (Å²) in [4.78, 5) is 30.9. The first-order valence-corrected chi connectivity index (χ1v) is 8.46. The highest BCUT2D eigenvalue weighted by molar-refractivity contribution is 7.99. The molecule has 6 nitrogen and oxygen atoms in total. The van der Waals surface area contributed by atoms with Crippen LogP contribution in [0.25, 0.3) is 0 Å². The van der Waals surface area contributed by atoms with E-state index < -0.39 is 6.10 Å². The number of hydrogen-bond acceptors (Lipinski definition) is 5. The second-order valence-corrected chi connectivity index (χ2v) is 8.01. The van der Waals surface area contributed by atoms with Crippen LogP contribution in [0.3, 0.4) is 0 Å². The molecular formula is C15H21N3O3S. The number of thioether (sulfide) groups is 1. The highest BCUT2D eigenvalue weighted by Crippen LogP contribution is 2.29. The smallest absolute Gasteiger partial charge is 0.254 e. The van der Waals surface area contributed by atoms with Gasteiger partial charge in [-0.1, -0.05) is 32.5 Å². The van der Waals surface area contributed by atoms with Crippen LogP contribution in [-0.4, -0.2) is 50.4 Å². The summed E-state index contributed by atoms with van der Waals surface area (Å²) in [5.41, 5.74) is 0.519. The Kier molecular flexibility index (Phi) is 3.81. The summed E-state index contributed by atoms with van der Waals surface area (Å²) in [5.74, 6) is 0.436. The zero-order chi connectivity index (χ0) is 16.1. The third-order valence-electron chi connectivity index (χ3n) is 4.08. The van der Waals surface area contributed by atoms with E-state index in [1.165, 1.54) is 11.8 Å². The predicted octanol–water partition coefficient (Wildman–Crippen LogP) is 0.466. The molecule has 1 unspecified atom stereocenters. The molecule has 3 heterocycles. The molecule has 2 aliphatic rings. The molecule has 1 atom stereocenters. The first kappa shape index (κ1) is 15.6. The van der Waals surface area contributed by atoms with Gasteiger partial charge in [0.2, 0.25) is 5.91 Å². The molecule has 22 heavy (non-hydrogen) atoms. The molecular weight excluding hydrogens is 302 g/mol. The number of hydrogen-bond donors (Lipinski definition) is 1. The van der Waals surface area contributed by atoms with Crippen molar-refractivity contribution in [3.05, 3.63) is 22.1 Å². The van der Waals surface area contributed by atoms with Crippen LogP contribution in [0.5, 0.6) is 0 Å². The van der Waals surface area contributed by atoms with Gasteiger partial charge in [0.05, 0.1) is 17.7 Å². The van der Waals surface area contributed by atoms with Crippen molar-refractivity contribution in [2.24, 2.45) is 5.92 Å². The molecule has 0 saturated carbocycles. The van der Waals surface area contributed by atoms with Gasteiger partial charge < -0.3 is 10.0 Å². The van der Waals surface area contributed by atoms with E-state index in [1.54, 1.807) is 15.5 Å². The SMILES string of the molecule is CC(C)(C)c1cc(=O)n2c(n1)SCC(C(=O)N1CC(O)C1)C2. The van der Waals surface area contributed by atoms with Crippen molar-refractivity contribution in [3.63, 3.8) is 0 Å². The van der Waals surface area contributed by atoms with Gasteiger partial charge in [0, 0.05) is 36.9 Å². The van der Waals surface area contributed by atoms with Crippen molar-refractivity contribution >= 4 is 17.7 Å². The number of aliphatic hydroxyl groups is 1. The number of aliphatic hydroxyl groups excluding tert-OH is 1. The minimum absolute atomic E-state index is 0.0234. The lowest BCUT2D eigenvalue weighted by Gasteiger charge is -2.39. The molecule has 1 N–H and O–H groups in total. The summed E-state index contributed by atoms with van der Waals surface area (Å²) in [7, 11) is 0. The highest BCUT2D eigenvalue weighted by atomic mass is 32.2. The summed E-state index contributed by atoms with van der Waals surface area (Å²) in [6.45, 7) is 7.28. The van der Waals surface area contributed by atoms with Gasteiger partial charge in [-0.25, -0.2) is 4.98 Å². The molecule has 0 bridgehead atoms. The molecule has 0 aliphatic carbocycles. The van der Waals surface area contributed by atoms with E-state index in [1.807, 2.05) is 20.8 Å². The highest BCUT2D eigenvalue weighted by Gasteiger charge is 2.36. The Labute approximate surface area is 133 Å². The molecule has 1 aromatic rings. The zero-order valence-corrected chi connectivity index (χ0v) is 13.9. The van der Waals surface area contributed by atoms with Crippen molar-refractivity contribution < 1.29 is 9.90 Å². The number of amides is 1. The molecule has 7 heteroatoms. The third-order valence-corrected chi connectivity index (χ3v) is 5.22. The van der Waals surface area contributed by atoms with Crippen LogP contribution < -0.4 is 5.56 Å². The summed E-state index contributed by atoms with van der Waals surface area (Å²) >= 11 is 1.46. The number of β-amino-alcohol motifs (C(OH)–C–C–N with tert-alkyl or cyclic N) is 1. The van der Waals surface area contributed by atoms with E-state index in [2.05, 4.69) is 4.98 Å². The topological polar surface area (TPSA) is 75.4 Å². The molecule has 1 fully saturated rings. The molecule has 0 radical (unpaired) electrons. The Morgan fingerprint density at radius 1 is 1.36 bits per heavy atom.